The van der Waals surface area contributed by atoms with Gasteiger partial charge in [0, 0.05) is 30.5 Å². The third kappa shape index (κ3) is 3.42. The Morgan fingerprint density at radius 2 is 2.15 bits per heavy atom. The topological polar surface area (TPSA) is 98.2 Å². The number of anilines is 1. The fourth-order valence-corrected chi connectivity index (χ4v) is 3.02. The van der Waals surface area contributed by atoms with Gasteiger partial charge >= 0.3 is 0 Å². The average molecular weight is 351 g/mol. The van der Waals surface area contributed by atoms with E-state index in [0.717, 1.165) is 29.5 Å². The molecule has 0 spiro atoms. The number of carbonyl (C=O) groups excluding carboxylic acids is 2. The van der Waals surface area contributed by atoms with Crippen molar-refractivity contribution in [2.75, 3.05) is 5.32 Å². The lowest BCUT2D eigenvalue weighted by molar-refractivity contribution is -0.116. The first kappa shape index (κ1) is 16.3. The Morgan fingerprint density at radius 3 is 3.00 bits per heavy atom. The number of carbonyl (C=O) groups is 2. The summed E-state index contributed by atoms with van der Waals surface area (Å²) >= 11 is 0. The number of aryl methyl sites for hydroxylation is 2. The maximum absolute atomic E-state index is 12.2. The van der Waals surface area contributed by atoms with Gasteiger partial charge in [-0.05, 0) is 36.6 Å². The van der Waals surface area contributed by atoms with Crippen LogP contribution in [0.4, 0.5) is 5.69 Å². The standard InChI is InChI=1S/C19H17N3O4/c23-16-3-1-2-12-4-5-14(10-15(12)16)20-17(24)6-7-18-21-19(22-26-18)13-8-9-25-11-13/h4-5,8-11H,1-3,6-7H2,(H,20,24). The van der Waals surface area contributed by atoms with Crippen LogP contribution >= 0.6 is 0 Å². The van der Waals surface area contributed by atoms with Crippen molar-refractivity contribution in [3.63, 3.8) is 0 Å². The highest BCUT2D eigenvalue weighted by molar-refractivity contribution is 6.00. The molecule has 4 rings (SSSR count). The van der Waals surface area contributed by atoms with Crippen LogP contribution in [0.2, 0.25) is 0 Å². The van der Waals surface area contributed by atoms with E-state index in [-0.39, 0.29) is 18.1 Å². The van der Waals surface area contributed by atoms with Gasteiger partial charge in [0.05, 0.1) is 11.8 Å². The molecule has 26 heavy (non-hydrogen) atoms. The molecule has 2 aromatic heterocycles. The first-order chi connectivity index (χ1) is 12.7. The van der Waals surface area contributed by atoms with Gasteiger partial charge in [-0.2, -0.15) is 4.98 Å². The first-order valence-corrected chi connectivity index (χ1v) is 8.50. The second kappa shape index (κ2) is 6.95. The first-order valence-electron chi connectivity index (χ1n) is 8.50. The zero-order valence-electron chi connectivity index (χ0n) is 14.0. The minimum atomic E-state index is -0.170. The number of hydrogen-bond donors (Lipinski definition) is 1. The van der Waals surface area contributed by atoms with Crippen LogP contribution in [0.5, 0.6) is 0 Å². The van der Waals surface area contributed by atoms with Gasteiger partial charge in [-0.3, -0.25) is 9.59 Å². The van der Waals surface area contributed by atoms with Crippen molar-refractivity contribution < 1.29 is 18.5 Å². The molecule has 0 saturated carbocycles. The minimum absolute atomic E-state index is 0.139. The maximum Gasteiger partial charge on any atom is 0.227 e. The van der Waals surface area contributed by atoms with Crippen LogP contribution in [0.25, 0.3) is 11.4 Å². The van der Waals surface area contributed by atoms with E-state index in [1.165, 1.54) is 12.5 Å². The smallest absolute Gasteiger partial charge is 0.227 e. The molecule has 0 fully saturated rings. The van der Waals surface area contributed by atoms with E-state index < -0.39 is 0 Å². The van der Waals surface area contributed by atoms with Crippen molar-refractivity contribution in [2.24, 2.45) is 0 Å². The summed E-state index contributed by atoms with van der Waals surface area (Å²) in [4.78, 5) is 28.4. The molecule has 0 bridgehead atoms. The number of ketones is 1. The molecule has 1 aliphatic carbocycles. The Kier molecular flexibility index (Phi) is 4.35. The van der Waals surface area contributed by atoms with Gasteiger partial charge in [0.25, 0.3) is 0 Å². The van der Waals surface area contributed by atoms with Crippen LogP contribution in [0.1, 0.15) is 41.1 Å². The molecule has 132 valence electrons. The van der Waals surface area contributed by atoms with E-state index >= 15 is 0 Å². The molecule has 3 aromatic rings. The van der Waals surface area contributed by atoms with Crippen molar-refractivity contribution in [1.29, 1.82) is 0 Å². The molecular weight excluding hydrogens is 334 g/mol. The molecule has 0 atom stereocenters. The highest BCUT2D eigenvalue weighted by Gasteiger charge is 2.18. The SMILES string of the molecule is O=C(CCc1nc(-c2ccoc2)no1)Nc1ccc2c(c1)C(=O)CCC2. The van der Waals surface area contributed by atoms with E-state index in [1.54, 1.807) is 12.1 Å². The summed E-state index contributed by atoms with van der Waals surface area (Å²) in [5, 5.41) is 6.68. The lowest BCUT2D eigenvalue weighted by atomic mass is 9.90. The maximum atomic E-state index is 12.2. The van der Waals surface area contributed by atoms with Gasteiger partial charge in [-0.25, -0.2) is 0 Å². The number of fused-ring (bicyclic) bond motifs is 1. The van der Waals surface area contributed by atoms with E-state index in [2.05, 4.69) is 15.5 Å². The molecular formula is C19H17N3O4. The van der Waals surface area contributed by atoms with Crippen molar-refractivity contribution >= 4 is 17.4 Å². The van der Waals surface area contributed by atoms with Crippen molar-refractivity contribution in [2.45, 2.75) is 32.1 Å². The van der Waals surface area contributed by atoms with Crippen LogP contribution in [0.3, 0.4) is 0 Å². The van der Waals surface area contributed by atoms with Gasteiger partial charge < -0.3 is 14.3 Å². The molecule has 1 aliphatic rings. The number of Topliss-reactive ketones (excluding diaryl/α,β-unsaturated/α-hetero) is 1. The third-order valence-corrected chi connectivity index (χ3v) is 4.36. The monoisotopic (exact) mass is 351 g/mol. The zero-order chi connectivity index (χ0) is 17.9. The fraction of sp³-hybridized carbons (Fsp3) is 0.263. The molecule has 1 amide bonds. The predicted octanol–water partition coefficient (Wildman–Crippen LogP) is 3.42. The number of nitrogens with one attached hydrogen (secondary N) is 1. The van der Waals surface area contributed by atoms with Gasteiger partial charge in [0.1, 0.15) is 6.26 Å². The van der Waals surface area contributed by atoms with Crippen LogP contribution in [0.15, 0.2) is 45.7 Å². The lowest BCUT2D eigenvalue weighted by Gasteiger charge is -2.15. The number of hydrogen-bond acceptors (Lipinski definition) is 6. The highest BCUT2D eigenvalue weighted by atomic mass is 16.5. The Hall–Kier alpha value is -3.22. The summed E-state index contributed by atoms with van der Waals surface area (Å²) in [6, 6.07) is 7.24. The molecule has 0 radical (unpaired) electrons. The van der Waals surface area contributed by atoms with Crippen molar-refractivity contribution in [1.82, 2.24) is 10.1 Å². The van der Waals surface area contributed by atoms with E-state index in [4.69, 9.17) is 8.94 Å². The van der Waals surface area contributed by atoms with E-state index in [0.29, 0.717) is 30.2 Å². The van der Waals surface area contributed by atoms with Gasteiger partial charge in [0.15, 0.2) is 5.78 Å². The summed E-state index contributed by atoms with van der Waals surface area (Å²) in [6.07, 6.45) is 5.97. The quantitative estimate of drug-likeness (QED) is 0.756. The Bertz CT molecular complexity index is 944. The van der Waals surface area contributed by atoms with Crippen molar-refractivity contribution in [3.05, 3.63) is 53.8 Å². The number of nitrogens with zero attached hydrogens (tertiary/aromatic N) is 2. The van der Waals surface area contributed by atoms with Crippen molar-refractivity contribution in [3.8, 4) is 11.4 Å². The second-order valence-electron chi connectivity index (χ2n) is 6.22. The molecule has 7 heteroatoms. The minimum Gasteiger partial charge on any atom is -0.472 e. The molecule has 0 aliphatic heterocycles. The second-order valence-corrected chi connectivity index (χ2v) is 6.22. The number of rotatable bonds is 5. The zero-order valence-corrected chi connectivity index (χ0v) is 14.0. The third-order valence-electron chi connectivity index (χ3n) is 4.36. The number of benzene rings is 1. The molecule has 7 nitrogen and oxygen atoms in total. The highest BCUT2D eigenvalue weighted by Crippen LogP contribution is 2.24. The molecule has 0 unspecified atom stereocenters. The Morgan fingerprint density at radius 1 is 1.23 bits per heavy atom. The average Bonchev–Trinajstić information content (AvgIpc) is 3.32. The lowest BCUT2D eigenvalue weighted by Crippen LogP contribution is -2.15. The number of furan rings is 1. The molecule has 1 N–H and O–H groups in total. The summed E-state index contributed by atoms with van der Waals surface area (Å²) < 4.78 is 10.1. The summed E-state index contributed by atoms with van der Waals surface area (Å²) in [7, 11) is 0. The van der Waals surface area contributed by atoms with Gasteiger partial charge in [-0.15, -0.1) is 0 Å². The fourth-order valence-electron chi connectivity index (χ4n) is 3.02. The summed E-state index contributed by atoms with van der Waals surface area (Å²) in [5.74, 6) is 0.788. The normalized spacial score (nSPS) is 13.5. The number of amides is 1. The van der Waals surface area contributed by atoms with Crippen LogP contribution in [-0.4, -0.2) is 21.8 Å². The van der Waals surface area contributed by atoms with Gasteiger partial charge in [0.2, 0.25) is 17.6 Å². The Labute approximate surface area is 149 Å². The Balaban J connectivity index is 1.36. The summed E-state index contributed by atoms with van der Waals surface area (Å²) in [6.45, 7) is 0. The van der Waals surface area contributed by atoms with Crippen LogP contribution in [-0.2, 0) is 17.6 Å². The summed E-state index contributed by atoms with van der Waals surface area (Å²) in [5.41, 5.74) is 3.13. The molecule has 0 saturated heterocycles. The van der Waals surface area contributed by atoms with Crippen LogP contribution in [0, 0.1) is 0 Å². The number of aromatic nitrogens is 2. The predicted molar refractivity (Wildman–Crippen MR) is 92.7 cm³/mol. The molecule has 2 heterocycles. The molecule has 1 aromatic carbocycles. The largest absolute Gasteiger partial charge is 0.472 e. The van der Waals surface area contributed by atoms with E-state index in [9.17, 15) is 9.59 Å². The van der Waals surface area contributed by atoms with Crippen LogP contribution < -0.4 is 5.32 Å². The van der Waals surface area contributed by atoms with E-state index in [1.807, 2.05) is 12.1 Å². The van der Waals surface area contributed by atoms with Gasteiger partial charge in [-0.1, -0.05) is 11.2 Å².